The average molecular weight is 237 g/mol. The van der Waals surface area contributed by atoms with Crippen LogP contribution in [0.5, 0.6) is 5.75 Å². The first-order chi connectivity index (χ1) is 8.08. The van der Waals surface area contributed by atoms with E-state index >= 15 is 0 Å². The molecule has 0 saturated carbocycles. The summed E-state index contributed by atoms with van der Waals surface area (Å²) >= 11 is 0. The second-order valence-electron chi connectivity index (χ2n) is 3.99. The van der Waals surface area contributed by atoms with Gasteiger partial charge >= 0.3 is 0 Å². The molecule has 0 aromatic heterocycles. The van der Waals surface area contributed by atoms with Crippen molar-refractivity contribution >= 4 is 11.7 Å². The molecule has 1 amide bonds. The minimum atomic E-state index is -0.570. The van der Waals surface area contributed by atoms with Crippen molar-refractivity contribution in [2.45, 2.75) is 12.8 Å². The lowest BCUT2D eigenvalue weighted by atomic mass is 10.1. The fourth-order valence-electron chi connectivity index (χ4n) is 1.81. The Kier molecular flexibility index (Phi) is 3.08. The van der Waals surface area contributed by atoms with E-state index in [1.807, 2.05) is 0 Å². The zero-order valence-electron chi connectivity index (χ0n) is 9.15. The van der Waals surface area contributed by atoms with Crippen LogP contribution in [0.3, 0.4) is 0 Å². The normalized spacial score (nSPS) is 16.1. The van der Waals surface area contributed by atoms with Crippen LogP contribution in [0, 0.1) is 5.82 Å². The summed E-state index contributed by atoms with van der Waals surface area (Å²) in [5.74, 6) is -1.13. The number of hydrogen-bond acceptors (Lipinski definition) is 3. The maximum absolute atomic E-state index is 13.0. The predicted molar refractivity (Wildman–Crippen MR) is 58.2 cm³/mol. The number of phenols is 1. The molecule has 1 aromatic carbocycles. The molecule has 0 aliphatic carbocycles. The number of likely N-dealkylation sites (tertiary alicyclic amines) is 1. The van der Waals surface area contributed by atoms with Gasteiger partial charge in [0.2, 0.25) is 0 Å². The summed E-state index contributed by atoms with van der Waals surface area (Å²) in [5, 5.41) is 9.51. The van der Waals surface area contributed by atoms with Crippen LogP contribution in [-0.4, -0.2) is 34.8 Å². The molecule has 1 saturated heterocycles. The van der Waals surface area contributed by atoms with Crippen LogP contribution in [0.25, 0.3) is 0 Å². The Balaban J connectivity index is 2.19. The van der Waals surface area contributed by atoms with Crippen molar-refractivity contribution in [2.75, 3.05) is 13.1 Å². The quantitative estimate of drug-likeness (QED) is 0.801. The highest BCUT2D eigenvalue weighted by Gasteiger charge is 2.23. The molecule has 17 heavy (non-hydrogen) atoms. The van der Waals surface area contributed by atoms with E-state index < -0.39 is 11.7 Å². The molecule has 1 aliphatic rings. The van der Waals surface area contributed by atoms with Gasteiger partial charge in [0.25, 0.3) is 5.91 Å². The number of phenolic OH excluding ortho intramolecular Hbond substituents is 1. The van der Waals surface area contributed by atoms with Gasteiger partial charge in [0, 0.05) is 25.9 Å². The van der Waals surface area contributed by atoms with Crippen molar-refractivity contribution in [2.24, 2.45) is 0 Å². The van der Waals surface area contributed by atoms with E-state index in [-0.39, 0.29) is 17.1 Å². The number of halogens is 1. The van der Waals surface area contributed by atoms with Crippen molar-refractivity contribution in [1.29, 1.82) is 0 Å². The zero-order valence-corrected chi connectivity index (χ0v) is 9.15. The number of nitrogens with zero attached hydrogens (tertiary/aromatic N) is 1. The van der Waals surface area contributed by atoms with Gasteiger partial charge in [0.15, 0.2) is 0 Å². The highest BCUT2D eigenvalue weighted by molar-refractivity contribution is 5.97. The Morgan fingerprint density at radius 3 is 2.59 bits per heavy atom. The average Bonchev–Trinajstić information content (AvgIpc) is 2.32. The summed E-state index contributed by atoms with van der Waals surface area (Å²) in [6, 6.07) is 3.25. The number of aromatic hydroxyl groups is 1. The van der Waals surface area contributed by atoms with Gasteiger partial charge in [-0.25, -0.2) is 4.39 Å². The summed E-state index contributed by atoms with van der Waals surface area (Å²) in [4.78, 5) is 24.5. The lowest BCUT2D eigenvalue weighted by Gasteiger charge is -2.26. The lowest BCUT2D eigenvalue weighted by Crippen LogP contribution is -2.38. The molecule has 0 atom stereocenters. The van der Waals surface area contributed by atoms with Crippen LogP contribution < -0.4 is 0 Å². The number of rotatable bonds is 1. The molecule has 4 nitrogen and oxygen atoms in total. The van der Waals surface area contributed by atoms with Crippen molar-refractivity contribution in [3.63, 3.8) is 0 Å². The van der Waals surface area contributed by atoms with Crippen LogP contribution in [0.2, 0.25) is 0 Å². The largest absolute Gasteiger partial charge is 0.507 e. The van der Waals surface area contributed by atoms with Crippen molar-refractivity contribution in [3.05, 3.63) is 29.6 Å². The second-order valence-corrected chi connectivity index (χ2v) is 3.99. The molecule has 1 N–H and O–H groups in total. The first-order valence-corrected chi connectivity index (χ1v) is 5.37. The van der Waals surface area contributed by atoms with Gasteiger partial charge in [-0.3, -0.25) is 9.59 Å². The van der Waals surface area contributed by atoms with E-state index in [9.17, 15) is 19.1 Å². The number of carbonyl (C=O) groups is 2. The van der Waals surface area contributed by atoms with Crippen LogP contribution in [-0.2, 0) is 4.79 Å². The third-order valence-electron chi connectivity index (χ3n) is 2.80. The smallest absolute Gasteiger partial charge is 0.257 e. The van der Waals surface area contributed by atoms with Crippen LogP contribution in [0.1, 0.15) is 23.2 Å². The number of Topliss-reactive ketones (excluding diaryl/α,β-unsaturated/α-hetero) is 1. The number of amides is 1. The first kappa shape index (κ1) is 11.6. The van der Waals surface area contributed by atoms with Gasteiger partial charge in [0.05, 0.1) is 5.56 Å². The van der Waals surface area contributed by atoms with Gasteiger partial charge in [-0.1, -0.05) is 0 Å². The van der Waals surface area contributed by atoms with Gasteiger partial charge in [0.1, 0.15) is 17.3 Å². The Labute approximate surface area is 97.7 Å². The molecule has 0 spiro atoms. The predicted octanol–water partition coefficient (Wildman–Crippen LogP) is 1.34. The number of carbonyl (C=O) groups excluding carboxylic acids is 2. The Bertz CT molecular complexity index is 463. The Morgan fingerprint density at radius 1 is 1.29 bits per heavy atom. The monoisotopic (exact) mass is 237 g/mol. The van der Waals surface area contributed by atoms with Gasteiger partial charge in [-0.15, -0.1) is 0 Å². The molecular weight excluding hydrogens is 225 g/mol. The summed E-state index contributed by atoms with van der Waals surface area (Å²) in [6.45, 7) is 0.654. The minimum absolute atomic E-state index is 0.0562. The fourth-order valence-corrected chi connectivity index (χ4v) is 1.81. The van der Waals surface area contributed by atoms with E-state index in [4.69, 9.17) is 0 Å². The number of ketones is 1. The van der Waals surface area contributed by atoms with Crippen molar-refractivity contribution in [3.8, 4) is 5.75 Å². The number of piperidine rings is 1. The Morgan fingerprint density at radius 2 is 1.94 bits per heavy atom. The van der Waals surface area contributed by atoms with E-state index in [1.165, 1.54) is 4.90 Å². The molecule has 2 rings (SSSR count). The third-order valence-corrected chi connectivity index (χ3v) is 2.80. The molecule has 90 valence electrons. The van der Waals surface area contributed by atoms with E-state index in [0.29, 0.717) is 25.9 Å². The molecule has 0 unspecified atom stereocenters. The van der Waals surface area contributed by atoms with Crippen LogP contribution in [0.15, 0.2) is 18.2 Å². The molecular formula is C12H12FNO3. The maximum atomic E-state index is 13.0. The highest BCUT2D eigenvalue weighted by atomic mass is 19.1. The Hall–Kier alpha value is -1.91. The topological polar surface area (TPSA) is 57.6 Å². The van der Waals surface area contributed by atoms with Crippen molar-refractivity contribution < 1.29 is 19.1 Å². The summed E-state index contributed by atoms with van der Waals surface area (Å²) in [6.07, 6.45) is 0.642. The van der Waals surface area contributed by atoms with E-state index in [0.717, 1.165) is 18.2 Å². The summed E-state index contributed by atoms with van der Waals surface area (Å²) < 4.78 is 13.0. The van der Waals surface area contributed by atoms with Gasteiger partial charge < -0.3 is 10.0 Å². The molecule has 1 aromatic rings. The van der Waals surface area contributed by atoms with Crippen molar-refractivity contribution in [1.82, 2.24) is 4.90 Å². The molecule has 0 radical (unpaired) electrons. The van der Waals surface area contributed by atoms with E-state index in [2.05, 4.69) is 0 Å². The van der Waals surface area contributed by atoms with Gasteiger partial charge in [-0.2, -0.15) is 0 Å². The molecule has 0 bridgehead atoms. The SMILES string of the molecule is O=C1CCN(C(=O)c2cc(F)ccc2O)CC1. The fraction of sp³-hybridized carbons (Fsp3) is 0.333. The molecule has 1 aliphatic heterocycles. The van der Waals surface area contributed by atoms with E-state index in [1.54, 1.807) is 0 Å². The lowest BCUT2D eigenvalue weighted by molar-refractivity contribution is -0.120. The molecule has 1 heterocycles. The number of hydrogen-bond donors (Lipinski definition) is 1. The van der Waals surface area contributed by atoms with Crippen LogP contribution >= 0.6 is 0 Å². The second kappa shape index (κ2) is 4.53. The zero-order chi connectivity index (χ0) is 12.4. The standard InChI is InChI=1S/C12H12FNO3/c13-8-1-2-11(16)10(7-8)12(17)14-5-3-9(15)4-6-14/h1-2,7,16H,3-6H2. The first-order valence-electron chi connectivity index (χ1n) is 5.37. The minimum Gasteiger partial charge on any atom is -0.507 e. The molecule has 1 fully saturated rings. The van der Waals surface area contributed by atoms with Gasteiger partial charge in [-0.05, 0) is 18.2 Å². The number of benzene rings is 1. The summed E-state index contributed by atoms with van der Waals surface area (Å²) in [5.41, 5.74) is -0.0562. The third kappa shape index (κ3) is 2.43. The highest BCUT2D eigenvalue weighted by Crippen LogP contribution is 2.21. The van der Waals surface area contributed by atoms with Crippen LogP contribution in [0.4, 0.5) is 4.39 Å². The maximum Gasteiger partial charge on any atom is 0.257 e. The summed E-state index contributed by atoms with van der Waals surface area (Å²) in [7, 11) is 0. The molecule has 5 heteroatoms.